The molecule has 24 heavy (non-hydrogen) atoms. The largest absolute Gasteiger partial charge is 0.438 e. The molecule has 0 unspecified atom stereocenters. The number of fused-ring (bicyclic) bond motifs is 1. The summed E-state index contributed by atoms with van der Waals surface area (Å²) in [5.41, 5.74) is 1.71. The van der Waals surface area contributed by atoms with Gasteiger partial charge in [0, 0.05) is 5.56 Å². The SMILES string of the molecule is CC(C)C[C@H](NC(=O)c1cccc(F)c1)c1nc2ccccc2o1. The molecule has 2 aromatic carbocycles. The zero-order valence-electron chi connectivity index (χ0n) is 13.6. The van der Waals surface area contributed by atoms with Crippen LogP contribution in [0, 0.1) is 11.7 Å². The Balaban J connectivity index is 1.87. The van der Waals surface area contributed by atoms with E-state index in [2.05, 4.69) is 24.1 Å². The summed E-state index contributed by atoms with van der Waals surface area (Å²) in [6.45, 7) is 4.12. The highest BCUT2D eigenvalue weighted by atomic mass is 19.1. The second-order valence-electron chi connectivity index (χ2n) is 6.19. The van der Waals surface area contributed by atoms with Gasteiger partial charge in [-0.05, 0) is 42.7 Å². The van der Waals surface area contributed by atoms with E-state index in [0.717, 1.165) is 5.52 Å². The second-order valence-corrected chi connectivity index (χ2v) is 6.19. The molecule has 0 saturated carbocycles. The van der Waals surface area contributed by atoms with Crippen molar-refractivity contribution in [3.8, 4) is 0 Å². The van der Waals surface area contributed by atoms with Crippen LogP contribution < -0.4 is 5.32 Å². The summed E-state index contributed by atoms with van der Waals surface area (Å²) in [7, 11) is 0. The number of rotatable bonds is 5. The maximum absolute atomic E-state index is 13.3. The Bertz CT molecular complexity index is 824. The molecule has 0 saturated heterocycles. The molecular weight excluding hydrogens is 307 g/mol. The summed E-state index contributed by atoms with van der Waals surface area (Å²) < 4.78 is 19.1. The summed E-state index contributed by atoms with van der Waals surface area (Å²) in [6, 6.07) is 12.7. The van der Waals surface area contributed by atoms with E-state index < -0.39 is 5.82 Å². The van der Waals surface area contributed by atoms with Crippen molar-refractivity contribution in [2.45, 2.75) is 26.3 Å². The van der Waals surface area contributed by atoms with Gasteiger partial charge < -0.3 is 9.73 Å². The standard InChI is InChI=1S/C19H19FN2O2/c1-12(2)10-16(19-22-15-8-3-4-9-17(15)24-19)21-18(23)13-6-5-7-14(20)11-13/h3-9,11-12,16H,10H2,1-2H3,(H,21,23)/t16-/m0/s1. The Labute approximate surface area is 139 Å². The molecule has 0 aliphatic rings. The van der Waals surface area contributed by atoms with E-state index in [0.29, 0.717) is 23.8 Å². The van der Waals surface area contributed by atoms with Crippen LogP contribution in [-0.2, 0) is 0 Å². The Morgan fingerprint density at radius 2 is 2.00 bits per heavy atom. The Hall–Kier alpha value is -2.69. The van der Waals surface area contributed by atoms with Gasteiger partial charge >= 0.3 is 0 Å². The molecule has 1 amide bonds. The van der Waals surface area contributed by atoms with Crippen LogP contribution in [0.2, 0.25) is 0 Å². The molecule has 0 spiro atoms. The lowest BCUT2D eigenvalue weighted by Crippen LogP contribution is -2.29. The number of aromatic nitrogens is 1. The number of nitrogens with zero attached hydrogens (tertiary/aromatic N) is 1. The van der Waals surface area contributed by atoms with Gasteiger partial charge in [-0.15, -0.1) is 0 Å². The minimum Gasteiger partial charge on any atom is -0.438 e. The van der Waals surface area contributed by atoms with Crippen molar-refractivity contribution in [3.63, 3.8) is 0 Å². The minimum atomic E-state index is -0.440. The van der Waals surface area contributed by atoms with Crippen molar-refractivity contribution in [2.75, 3.05) is 0 Å². The molecule has 0 bridgehead atoms. The third kappa shape index (κ3) is 3.62. The average molecular weight is 326 g/mol. The van der Waals surface area contributed by atoms with Gasteiger partial charge in [0.25, 0.3) is 5.91 Å². The van der Waals surface area contributed by atoms with Gasteiger partial charge in [-0.2, -0.15) is 0 Å². The first kappa shape index (κ1) is 16.2. The fraction of sp³-hybridized carbons (Fsp3) is 0.263. The number of carbonyl (C=O) groups is 1. The first-order chi connectivity index (χ1) is 11.5. The highest BCUT2D eigenvalue weighted by molar-refractivity contribution is 5.94. The maximum Gasteiger partial charge on any atom is 0.252 e. The number of hydrogen-bond acceptors (Lipinski definition) is 3. The van der Waals surface area contributed by atoms with Gasteiger partial charge in [0.15, 0.2) is 5.58 Å². The number of oxazole rings is 1. The molecule has 0 aliphatic heterocycles. The fourth-order valence-electron chi connectivity index (χ4n) is 2.60. The summed E-state index contributed by atoms with van der Waals surface area (Å²) in [4.78, 5) is 16.9. The van der Waals surface area contributed by atoms with E-state index in [-0.39, 0.29) is 17.5 Å². The highest BCUT2D eigenvalue weighted by Gasteiger charge is 2.22. The lowest BCUT2D eigenvalue weighted by molar-refractivity contribution is 0.0924. The summed E-state index contributed by atoms with van der Waals surface area (Å²) >= 11 is 0. The summed E-state index contributed by atoms with van der Waals surface area (Å²) in [5, 5.41) is 2.91. The Morgan fingerprint density at radius 1 is 1.21 bits per heavy atom. The Morgan fingerprint density at radius 3 is 2.71 bits per heavy atom. The normalized spacial score (nSPS) is 12.5. The van der Waals surface area contributed by atoms with Gasteiger partial charge in [0.1, 0.15) is 17.4 Å². The van der Waals surface area contributed by atoms with Crippen molar-refractivity contribution in [1.29, 1.82) is 0 Å². The van der Waals surface area contributed by atoms with Crippen LogP contribution in [0.1, 0.15) is 42.6 Å². The van der Waals surface area contributed by atoms with Crippen LogP contribution in [0.4, 0.5) is 4.39 Å². The first-order valence-corrected chi connectivity index (χ1v) is 7.95. The number of halogens is 1. The third-order valence-electron chi connectivity index (χ3n) is 3.71. The molecule has 0 aliphatic carbocycles. The second kappa shape index (κ2) is 6.83. The molecule has 1 atom stereocenters. The fourth-order valence-corrected chi connectivity index (χ4v) is 2.60. The highest BCUT2D eigenvalue weighted by Crippen LogP contribution is 2.25. The molecule has 0 radical (unpaired) electrons. The molecule has 124 valence electrons. The van der Waals surface area contributed by atoms with E-state index in [1.54, 1.807) is 6.07 Å². The number of amides is 1. The summed E-state index contributed by atoms with van der Waals surface area (Å²) in [6.07, 6.45) is 0.674. The molecule has 3 aromatic rings. The number of para-hydroxylation sites is 2. The Kier molecular flexibility index (Phi) is 4.60. The van der Waals surface area contributed by atoms with Crippen LogP contribution in [0.25, 0.3) is 11.1 Å². The molecule has 4 nitrogen and oxygen atoms in total. The molecule has 1 N–H and O–H groups in total. The summed E-state index contributed by atoms with van der Waals surface area (Å²) in [5.74, 6) is 0.0137. The van der Waals surface area contributed by atoms with E-state index in [9.17, 15) is 9.18 Å². The first-order valence-electron chi connectivity index (χ1n) is 7.95. The lowest BCUT2D eigenvalue weighted by Gasteiger charge is -2.17. The minimum absolute atomic E-state index is 0.278. The average Bonchev–Trinajstić information content (AvgIpc) is 2.97. The van der Waals surface area contributed by atoms with E-state index >= 15 is 0 Å². The lowest BCUT2D eigenvalue weighted by atomic mass is 10.0. The quantitative estimate of drug-likeness (QED) is 0.752. The topological polar surface area (TPSA) is 55.1 Å². The van der Waals surface area contributed by atoms with Gasteiger partial charge in [-0.25, -0.2) is 9.37 Å². The zero-order valence-corrected chi connectivity index (χ0v) is 13.6. The van der Waals surface area contributed by atoms with E-state index in [1.165, 1.54) is 18.2 Å². The number of nitrogens with one attached hydrogen (secondary N) is 1. The molecule has 1 heterocycles. The van der Waals surface area contributed by atoms with Crippen molar-refractivity contribution >= 4 is 17.0 Å². The van der Waals surface area contributed by atoms with Crippen molar-refractivity contribution in [1.82, 2.24) is 10.3 Å². The van der Waals surface area contributed by atoms with Crippen LogP contribution in [0.3, 0.4) is 0 Å². The van der Waals surface area contributed by atoms with Gasteiger partial charge in [0.05, 0.1) is 0 Å². The molecule has 5 heteroatoms. The van der Waals surface area contributed by atoms with Crippen LogP contribution in [-0.4, -0.2) is 10.9 Å². The predicted molar refractivity (Wildman–Crippen MR) is 90.1 cm³/mol. The maximum atomic E-state index is 13.3. The van der Waals surface area contributed by atoms with Crippen LogP contribution in [0.15, 0.2) is 52.9 Å². The zero-order chi connectivity index (χ0) is 17.1. The van der Waals surface area contributed by atoms with Crippen molar-refractivity contribution in [3.05, 3.63) is 65.8 Å². The number of hydrogen-bond donors (Lipinski definition) is 1. The van der Waals surface area contributed by atoms with Crippen molar-refractivity contribution in [2.24, 2.45) is 5.92 Å². The van der Waals surface area contributed by atoms with Gasteiger partial charge in [-0.1, -0.05) is 32.0 Å². The molecule has 1 aromatic heterocycles. The third-order valence-corrected chi connectivity index (χ3v) is 3.71. The van der Waals surface area contributed by atoms with Crippen LogP contribution >= 0.6 is 0 Å². The van der Waals surface area contributed by atoms with Gasteiger partial charge in [-0.3, -0.25) is 4.79 Å². The van der Waals surface area contributed by atoms with Gasteiger partial charge in [0.2, 0.25) is 5.89 Å². The van der Waals surface area contributed by atoms with E-state index in [4.69, 9.17) is 4.42 Å². The number of benzene rings is 2. The van der Waals surface area contributed by atoms with Crippen molar-refractivity contribution < 1.29 is 13.6 Å². The van der Waals surface area contributed by atoms with E-state index in [1.807, 2.05) is 24.3 Å². The molecule has 0 fully saturated rings. The number of carbonyl (C=O) groups excluding carboxylic acids is 1. The molecule has 3 rings (SSSR count). The van der Waals surface area contributed by atoms with Crippen LogP contribution in [0.5, 0.6) is 0 Å². The smallest absolute Gasteiger partial charge is 0.252 e. The monoisotopic (exact) mass is 326 g/mol. The predicted octanol–water partition coefficient (Wildman–Crippen LogP) is 4.48. The molecular formula is C19H19FN2O2.